The Kier molecular flexibility index (Phi) is 43.0. The van der Waals surface area contributed by atoms with Crippen LogP contribution in [0.25, 0.3) is 0 Å². The number of esters is 1. The molecule has 0 spiro atoms. The Morgan fingerprint density at radius 1 is 0.321 bits per heavy atom. The third-order valence-electron chi connectivity index (χ3n) is 7.86. The van der Waals surface area contributed by atoms with Gasteiger partial charge in [-0.1, -0.05) is 90.4 Å². The average Bonchev–Trinajstić information content (AvgIpc) is 3.12. The van der Waals surface area contributed by atoms with Crippen molar-refractivity contribution in [1.29, 1.82) is 0 Å². The van der Waals surface area contributed by atoms with Gasteiger partial charge in [0.15, 0.2) is 0 Å². The number of ether oxygens (including phenoxy) is 11. The lowest BCUT2D eigenvalue weighted by Crippen LogP contribution is -2.24. The monoisotopic (exact) mass is 767 g/mol. The second kappa shape index (κ2) is 43.8. The van der Waals surface area contributed by atoms with Gasteiger partial charge in [-0.15, -0.1) is 0 Å². The van der Waals surface area contributed by atoms with Gasteiger partial charge in [0, 0.05) is 6.61 Å². The maximum Gasteiger partial charge on any atom is 0.308 e. The standard InChI is InChI=1S/C41H82O12/c1-5-6-7-8-9-10-11-12-13-14-15-16-17-18-20-43-22-24-45-26-28-47-30-32-49-34-36-51-38-39-52-37-35-50-33-31-48-29-27-46-25-23-44-21-19-40(42)53-41(2,3)4/h5-39H2,1-4H3. The Balaban J connectivity index is 3.09. The highest BCUT2D eigenvalue weighted by Gasteiger charge is 2.15. The van der Waals surface area contributed by atoms with Gasteiger partial charge in [0.1, 0.15) is 5.60 Å². The zero-order chi connectivity index (χ0) is 38.6. The molecule has 0 aliphatic heterocycles. The van der Waals surface area contributed by atoms with E-state index in [4.69, 9.17) is 52.1 Å². The molecule has 0 aliphatic carbocycles. The normalized spacial score (nSPS) is 11.8. The molecule has 0 amide bonds. The lowest BCUT2D eigenvalue weighted by atomic mass is 10.0. The van der Waals surface area contributed by atoms with Gasteiger partial charge in [-0.25, -0.2) is 0 Å². The van der Waals surface area contributed by atoms with Gasteiger partial charge < -0.3 is 52.1 Å². The van der Waals surface area contributed by atoms with Crippen molar-refractivity contribution in [2.45, 2.75) is 130 Å². The largest absolute Gasteiger partial charge is 0.460 e. The van der Waals surface area contributed by atoms with Crippen molar-refractivity contribution in [3.8, 4) is 0 Å². The zero-order valence-corrected chi connectivity index (χ0v) is 34.6. The molecule has 0 aromatic heterocycles. The molecular formula is C41H82O12. The number of hydrogen-bond acceptors (Lipinski definition) is 12. The minimum Gasteiger partial charge on any atom is -0.460 e. The van der Waals surface area contributed by atoms with Gasteiger partial charge in [-0.2, -0.15) is 0 Å². The third kappa shape index (κ3) is 49.1. The molecule has 53 heavy (non-hydrogen) atoms. The van der Waals surface area contributed by atoms with Crippen LogP contribution in [0.3, 0.4) is 0 Å². The fraction of sp³-hybridized carbons (Fsp3) is 0.976. The highest BCUT2D eigenvalue weighted by atomic mass is 16.6. The maximum absolute atomic E-state index is 11.6. The molecule has 0 aromatic carbocycles. The van der Waals surface area contributed by atoms with Gasteiger partial charge in [-0.3, -0.25) is 4.79 Å². The van der Waals surface area contributed by atoms with Crippen LogP contribution < -0.4 is 0 Å². The molecule has 12 heteroatoms. The first-order valence-corrected chi connectivity index (χ1v) is 20.9. The summed E-state index contributed by atoms with van der Waals surface area (Å²) in [6, 6.07) is 0. The predicted molar refractivity (Wildman–Crippen MR) is 209 cm³/mol. The Hall–Kier alpha value is -0.930. The van der Waals surface area contributed by atoms with E-state index in [-0.39, 0.29) is 12.4 Å². The van der Waals surface area contributed by atoms with Crippen LogP contribution in [0, 0.1) is 0 Å². The van der Waals surface area contributed by atoms with E-state index in [1.165, 1.54) is 83.5 Å². The molecule has 318 valence electrons. The molecule has 0 saturated heterocycles. The lowest BCUT2D eigenvalue weighted by Gasteiger charge is -2.19. The van der Waals surface area contributed by atoms with Crippen LogP contribution in [-0.4, -0.2) is 144 Å². The number of hydrogen-bond donors (Lipinski definition) is 0. The van der Waals surface area contributed by atoms with Gasteiger partial charge in [-0.05, 0) is 27.2 Å². The summed E-state index contributed by atoms with van der Waals surface area (Å²) in [5, 5.41) is 0. The van der Waals surface area contributed by atoms with Gasteiger partial charge in [0.25, 0.3) is 0 Å². The van der Waals surface area contributed by atoms with Crippen molar-refractivity contribution in [3.05, 3.63) is 0 Å². The molecule has 0 bridgehead atoms. The van der Waals surface area contributed by atoms with E-state index in [2.05, 4.69) is 6.92 Å². The topological polar surface area (TPSA) is 119 Å². The van der Waals surface area contributed by atoms with Crippen molar-refractivity contribution in [2.75, 3.05) is 132 Å². The SMILES string of the molecule is CCCCCCCCCCCCCCCCOCCOCCOCCOCCOCCOCCOCCOCCOCCOCCC(=O)OC(C)(C)C. The second-order valence-corrected chi connectivity index (χ2v) is 14.1. The van der Waals surface area contributed by atoms with Gasteiger partial charge in [0.05, 0.1) is 132 Å². The molecule has 0 radical (unpaired) electrons. The second-order valence-electron chi connectivity index (χ2n) is 14.1. The molecule has 0 aliphatic rings. The van der Waals surface area contributed by atoms with E-state index in [1.807, 2.05) is 20.8 Å². The molecular weight excluding hydrogens is 684 g/mol. The smallest absolute Gasteiger partial charge is 0.308 e. The lowest BCUT2D eigenvalue weighted by molar-refractivity contribution is -0.156. The number of carbonyl (C=O) groups excluding carboxylic acids is 1. The fourth-order valence-electron chi connectivity index (χ4n) is 5.03. The summed E-state index contributed by atoms with van der Waals surface area (Å²) in [7, 11) is 0. The van der Waals surface area contributed by atoms with Crippen LogP contribution >= 0.6 is 0 Å². The van der Waals surface area contributed by atoms with Crippen molar-refractivity contribution >= 4 is 5.97 Å². The van der Waals surface area contributed by atoms with E-state index >= 15 is 0 Å². The molecule has 0 N–H and O–H groups in total. The average molecular weight is 767 g/mol. The minimum atomic E-state index is -0.471. The fourth-order valence-corrected chi connectivity index (χ4v) is 5.03. The van der Waals surface area contributed by atoms with E-state index in [1.54, 1.807) is 0 Å². The first-order chi connectivity index (χ1) is 26.0. The molecule has 0 heterocycles. The molecule has 12 nitrogen and oxygen atoms in total. The highest BCUT2D eigenvalue weighted by Crippen LogP contribution is 2.13. The molecule has 0 atom stereocenters. The van der Waals surface area contributed by atoms with E-state index in [0.29, 0.717) is 126 Å². The molecule has 0 fully saturated rings. The molecule has 0 rings (SSSR count). The van der Waals surface area contributed by atoms with E-state index in [0.717, 1.165) is 13.0 Å². The molecule has 0 aromatic rings. The predicted octanol–water partition coefficient (Wildman–Crippen LogP) is 7.37. The van der Waals surface area contributed by atoms with Crippen LogP contribution in [0.1, 0.15) is 124 Å². The van der Waals surface area contributed by atoms with Crippen LogP contribution in [0.4, 0.5) is 0 Å². The van der Waals surface area contributed by atoms with Crippen LogP contribution in [-0.2, 0) is 56.9 Å². The summed E-state index contributed by atoms with van der Waals surface area (Å²) in [6.45, 7) is 18.3. The number of carbonyl (C=O) groups is 1. The summed E-state index contributed by atoms with van der Waals surface area (Å²) >= 11 is 0. The summed E-state index contributed by atoms with van der Waals surface area (Å²) in [6.07, 6.45) is 19.5. The first kappa shape index (κ1) is 52.1. The number of unbranched alkanes of at least 4 members (excludes halogenated alkanes) is 13. The van der Waals surface area contributed by atoms with Gasteiger partial charge >= 0.3 is 5.97 Å². The highest BCUT2D eigenvalue weighted by molar-refractivity contribution is 5.69. The summed E-state index contributed by atoms with van der Waals surface area (Å²) in [5.41, 5.74) is -0.471. The van der Waals surface area contributed by atoms with Crippen molar-refractivity contribution in [3.63, 3.8) is 0 Å². The van der Waals surface area contributed by atoms with Crippen LogP contribution in [0.5, 0.6) is 0 Å². The summed E-state index contributed by atoms with van der Waals surface area (Å²) in [5.74, 6) is -0.260. The summed E-state index contributed by atoms with van der Waals surface area (Å²) in [4.78, 5) is 11.6. The van der Waals surface area contributed by atoms with Crippen molar-refractivity contribution < 1.29 is 56.9 Å². The Morgan fingerprint density at radius 3 is 0.811 bits per heavy atom. The molecule has 0 unspecified atom stereocenters. The Bertz CT molecular complexity index is 707. The Morgan fingerprint density at radius 2 is 0.547 bits per heavy atom. The quantitative estimate of drug-likeness (QED) is 0.0455. The van der Waals surface area contributed by atoms with E-state index in [9.17, 15) is 4.79 Å². The first-order valence-electron chi connectivity index (χ1n) is 20.9. The summed E-state index contributed by atoms with van der Waals surface area (Å²) < 4.78 is 60.3. The van der Waals surface area contributed by atoms with Crippen LogP contribution in [0.2, 0.25) is 0 Å². The van der Waals surface area contributed by atoms with Crippen molar-refractivity contribution in [1.82, 2.24) is 0 Å². The van der Waals surface area contributed by atoms with E-state index < -0.39 is 5.60 Å². The van der Waals surface area contributed by atoms with Crippen LogP contribution in [0.15, 0.2) is 0 Å². The van der Waals surface area contributed by atoms with Crippen molar-refractivity contribution in [2.24, 2.45) is 0 Å². The third-order valence-corrected chi connectivity index (χ3v) is 7.86. The maximum atomic E-state index is 11.6. The van der Waals surface area contributed by atoms with Gasteiger partial charge in [0.2, 0.25) is 0 Å². The minimum absolute atomic E-state index is 0.236. The zero-order valence-electron chi connectivity index (χ0n) is 34.6. The molecule has 0 saturated carbocycles. The number of rotatable bonds is 45. The Labute approximate surface area is 324 Å².